The molecule has 6 nitrogen and oxygen atoms in total. The minimum Gasteiger partial charge on any atom is -0.497 e. The van der Waals surface area contributed by atoms with E-state index >= 15 is 0 Å². The summed E-state index contributed by atoms with van der Waals surface area (Å²) in [5, 5.41) is 16.8. The number of thioether (sulfide) groups is 1. The number of amides is 1. The first kappa shape index (κ1) is 28.2. The fourth-order valence-electron chi connectivity index (χ4n) is 4.83. The number of rotatable bonds is 12. The van der Waals surface area contributed by atoms with E-state index < -0.39 is 5.60 Å². The van der Waals surface area contributed by atoms with Crippen molar-refractivity contribution < 1.29 is 14.6 Å². The van der Waals surface area contributed by atoms with Gasteiger partial charge in [-0.2, -0.15) is 0 Å². The summed E-state index contributed by atoms with van der Waals surface area (Å²) in [5.41, 5.74) is 0.388. The number of hydrogen-bond donors (Lipinski definition) is 3. The van der Waals surface area contributed by atoms with Crippen molar-refractivity contribution in [3.8, 4) is 5.75 Å². The lowest BCUT2D eigenvalue weighted by atomic mass is 9.85. The first-order valence-electron chi connectivity index (χ1n) is 13.0. The Morgan fingerprint density at radius 2 is 1.97 bits per heavy atom. The van der Waals surface area contributed by atoms with Crippen LogP contribution in [0.1, 0.15) is 70.8 Å². The Bertz CT molecular complexity index is 807. The van der Waals surface area contributed by atoms with Crippen LogP contribution in [0, 0.1) is 5.92 Å². The number of carbonyl (C=O) groups is 1. The largest absolute Gasteiger partial charge is 0.497 e. The lowest BCUT2D eigenvalue weighted by Gasteiger charge is -2.29. The van der Waals surface area contributed by atoms with Crippen LogP contribution in [0.3, 0.4) is 0 Å². The summed E-state index contributed by atoms with van der Waals surface area (Å²) >= 11 is 7.59. The molecule has 1 aromatic rings. The molecule has 1 aromatic carbocycles. The Labute approximate surface area is 220 Å². The molecule has 0 bridgehead atoms. The first-order chi connectivity index (χ1) is 16.7. The van der Waals surface area contributed by atoms with E-state index in [1.54, 1.807) is 18.9 Å². The number of thiocarbonyl (C=S) groups is 1. The summed E-state index contributed by atoms with van der Waals surface area (Å²) in [6.45, 7) is 4.97. The van der Waals surface area contributed by atoms with Crippen molar-refractivity contribution in [1.29, 1.82) is 0 Å². The highest BCUT2D eigenvalue weighted by Gasteiger charge is 2.33. The van der Waals surface area contributed by atoms with Crippen LogP contribution in [0.5, 0.6) is 5.75 Å². The van der Waals surface area contributed by atoms with Crippen molar-refractivity contribution in [3.63, 3.8) is 0 Å². The van der Waals surface area contributed by atoms with Crippen LogP contribution >= 0.6 is 24.0 Å². The topological polar surface area (TPSA) is 73.8 Å². The molecule has 3 N–H and O–H groups in total. The van der Waals surface area contributed by atoms with Crippen LogP contribution in [0.4, 0.5) is 0 Å². The van der Waals surface area contributed by atoms with Crippen LogP contribution in [0.15, 0.2) is 24.3 Å². The van der Waals surface area contributed by atoms with Gasteiger partial charge in [0.05, 0.1) is 29.8 Å². The highest BCUT2D eigenvalue weighted by atomic mass is 32.2. The van der Waals surface area contributed by atoms with Crippen LogP contribution in [0.25, 0.3) is 0 Å². The standard InChI is InChI=1S/C27H43N3O3S2/c1-27(2,32)15-16-30-19-35-18-24(30)25(31)29-23(14-11-20-7-5-4-6-8-20)26(34)28-17-21-9-12-22(33-3)13-10-21/h9-10,12-13,20,23-24,32H,4-8,11,14-19H2,1-3H3,(H,28,34)(H,29,31)/t23-,24+/m1/s1. The summed E-state index contributed by atoms with van der Waals surface area (Å²) in [5.74, 6) is 3.21. The van der Waals surface area contributed by atoms with Gasteiger partial charge in [-0.1, -0.05) is 56.5 Å². The lowest BCUT2D eigenvalue weighted by molar-refractivity contribution is -0.125. The van der Waals surface area contributed by atoms with Crippen LogP contribution < -0.4 is 15.4 Å². The second-order valence-electron chi connectivity index (χ2n) is 10.6. The van der Waals surface area contributed by atoms with E-state index in [1.807, 2.05) is 38.1 Å². The molecule has 1 amide bonds. The molecule has 2 fully saturated rings. The minimum absolute atomic E-state index is 0.0491. The lowest BCUT2D eigenvalue weighted by Crippen LogP contribution is -2.52. The van der Waals surface area contributed by atoms with Gasteiger partial charge in [-0.05, 0) is 56.7 Å². The maximum absolute atomic E-state index is 13.4. The summed E-state index contributed by atoms with van der Waals surface area (Å²) in [7, 11) is 1.66. The third-order valence-corrected chi connectivity index (χ3v) is 8.63. The van der Waals surface area contributed by atoms with Gasteiger partial charge in [0.25, 0.3) is 0 Å². The molecule has 2 aliphatic rings. The predicted octanol–water partition coefficient (Wildman–Crippen LogP) is 4.49. The molecule has 2 atom stereocenters. The highest BCUT2D eigenvalue weighted by molar-refractivity contribution is 7.99. The van der Waals surface area contributed by atoms with Crippen LogP contribution in [-0.4, -0.2) is 63.9 Å². The van der Waals surface area contributed by atoms with E-state index in [4.69, 9.17) is 17.0 Å². The van der Waals surface area contributed by atoms with E-state index in [-0.39, 0.29) is 18.0 Å². The molecule has 0 spiro atoms. The highest BCUT2D eigenvalue weighted by Crippen LogP contribution is 2.28. The molecule has 1 aliphatic heterocycles. The smallest absolute Gasteiger partial charge is 0.238 e. The second-order valence-corrected chi connectivity index (χ2v) is 12.0. The SMILES string of the molecule is COc1ccc(CNC(=S)[C@@H](CCC2CCCCC2)NC(=O)[C@@H]2CSCN2CCC(C)(C)O)cc1. The summed E-state index contributed by atoms with van der Waals surface area (Å²) < 4.78 is 5.25. The van der Waals surface area contributed by atoms with Gasteiger partial charge in [0.2, 0.25) is 5.91 Å². The zero-order chi connectivity index (χ0) is 25.3. The molecule has 3 rings (SSSR count). The molecular formula is C27H43N3O3S2. The molecule has 1 heterocycles. The quantitative estimate of drug-likeness (QED) is 0.350. The normalized spacial score (nSPS) is 20.4. The fraction of sp³-hybridized carbons (Fsp3) is 0.704. The van der Waals surface area contributed by atoms with Gasteiger partial charge in [-0.15, -0.1) is 11.8 Å². The Morgan fingerprint density at radius 1 is 1.26 bits per heavy atom. The van der Waals surface area contributed by atoms with E-state index in [2.05, 4.69) is 15.5 Å². The zero-order valence-corrected chi connectivity index (χ0v) is 23.2. The van der Waals surface area contributed by atoms with Crippen molar-refractivity contribution in [1.82, 2.24) is 15.5 Å². The minimum atomic E-state index is -0.732. The molecule has 1 saturated carbocycles. The number of ether oxygens (including phenoxy) is 1. The zero-order valence-electron chi connectivity index (χ0n) is 21.6. The third-order valence-electron chi connectivity index (χ3n) is 7.13. The summed E-state index contributed by atoms with van der Waals surface area (Å²) in [6, 6.07) is 7.61. The van der Waals surface area contributed by atoms with Crippen LogP contribution in [-0.2, 0) is 11.3 Å². The third kappa shape index (κ3) is 9.56. The van der Waals surface area contributed by atoms with Crippen molar-refractivity contribution in [2.24, 2.45) is 5.92 Å². The predicted molar refractivity (Wildman–Crippen MR) is 149 cm³/mol. The second kappa shape index (κ2) is 13.8. The van der Waals surface area contributed by atoms with Gasteiger partial charge < -0.3 is 20.5 Å². The van der Waals surface area contributed by atoms with E-state index in [0.717, 1.165) is 41.7 Å². The Morgan fingerprint density at radius 3 is 2.63 bits per heavy atom. The maximum atomic E-state index is 13.4. The van der Waals surface area contributed by atoms with Crippen molar-refractivity contribution in [3.05, 3.63) is 29.8 Å². The fourth-order valence-corrected chi connectivity index (χ4v) is 6.31. The summed E-state index contributed by atoms with van der Waals surface area (Å²) in [4.78, 5) is 16.3. The maximum Gasteiger partial charge on any atom is 0.238 e. The average Bonchev–Trinajstić information content (AvgIpc) is 3.33. The van der Waals surface area contributed by atoms with Gasteiger partial charge in [0.15, 0.2) is 0 Å². The molecule has 35 heavy (non-hydrogen) atoms. The Balaban J connectivity index is 1.59. The van der Waals surface area contributed by atoms with E-state index in [1.165, 1.54) is 32.1 Å². The first-order valence-corrected chi connectivity index (χ1v) is 14.6. The van der Waals surface area contributed by atoms with Crippen molar-refractivity contribution in [2.45, 2.75) is 89.4 Å². The monoisotopic (exact) mass is 521 g/mol. The number of nitrogens with one attached hydrogen (secondary N) is 2. The average molecular weight is 522 g/mol. The van der Waals surface area contributed by atoms with Gasteiger partial charge in [0, 0.05) is 24.7 Å². The number of nitrogens with zero attached hydrogens (tertiary/aromatic N) is 1. The van der Waals surface area contributed by atoms with E-state index in [0.29, 0.717) is 24.5 Å². The van der Waals surface area contributed by atoms with Gasteiger partial charge >= 0.3 is 0 Å². The molecule has 0 radical (unpaired) electrons. The van der Waals surface area contributed by atoms with Crippen LogP contribution in [0.2, 0.25) is 0 Å². The Hall–Kier alpha value is -1.35. The molecule has 8 heteroatoms. The molecule has 1 aliphatic carbocycles. The van der Waals surface area contributed by atoms with Crippen molar-refractivity contribution in [2.75, 3.05) is 25.3 Å². The van der Waals surface area contributed by atoms with Crippen molar-refractivity contribution >= 4 is 34.9 Å². The number of hydrogen-bond acceptors (Lipinski definition) is 6. The molecule has 196 valence electrons. The summed E-state index contributed by atoms with van der Waals surface area (Å²) in [6.07, 6.45) is 9.16. The molecule has 0 aromatic heterocycles. The number of aliphatic hydroxyl groups is 1. The van der Waals surface area contributed by atoms with Gasteiger partial charge in [-0.3, -0.25) is 9.69 Å². The molecule has 0 unspecified atom stereocenters. The number of carbonyl (C=O) groups excluding carboxylic acids is 1. The number of benzene rings is 1. The molecular weight excluding hydrogens is 478 g/mol. The van der Waals surface area contributed by atoms with E-state index in [9.17, 15) is 9.90 Å². The van der Waals surface area contributed by atoms with Gasteiger partial charge in [-0.25, -0.2) is 0 Å². The molecule has 1 saturated heterocycles. The number of methoxy groups -OCH3 is 1. The van der Waals surface area contributed by atoms with Gasteiger partial charge in [0.1, 0.15) is 5.75 Å². The Kier molecular flexibility index (Phi) is 11.1.